The van der Waals surface area contributed by atoms with E-state index in [2.05, 4.69) is 41.5 Å². The van der Waals surface area contributed by atoms with Crippen molar-refractivity contribution >= 4 is 10.9 Å². The predicted molar refractivity (Wildman–Crippen MR) is 76.6 cm³/mol. The van der Waals surface area contributed by atoms with Gasteiger partial charge in [0.1, 0.15) is 0 Å². The molecule has 2 nitrogen and oxygen atoms in total. The van der Waals surface area contributed by atoms with Gasteiger partial charge in [0.05, 0.1) is 0 Å². The van der Waals surface area contributed by atoms with Crippen LogP contribution in [-0.4, -0.2) is 11.0 Å². The Morgan fingerprint density at radius 1 is 1.17 bits per heavy atom. The van der Waals surface area contributed by atoms with Gasteiger partial charge in [0.25, 0.3) is 0 Å². The highest BCUT2D eigenvalue weighted by Crippen LogP contribution is 2.23. The van der Waals surface area contributed by atoms with E-state index in [9.17, 15) is 0 Å². The smallest absolute Gasteiger partial charge is 0.0457 e. The number of rotatable bonds is 3. The Bertz CT molecular complexity index is 507. The summed E-state index contributed by atoms with van der Waals surface area (Å²) < 4.78 is 0. The summed E-state index contributed by atoms with van der Waals surface area (Å²) in [4.78, 5) is 3.28. The fraction of sp³-hybridized carbons (Fsp3) is 0.500. The van der Waals surface area contributed by atoms with Gasteiger partial charge in [-0.3, -0.25) is 0 Å². The van der Waals surface area contributed by atoms with Crippen LogP contribution in [0.3, 0.4) is 0 Å². The molecule has 1 aromatic heterocycles. The number of benzene rings is 1. The van der Waals surface area contributed by atoms with E-state index in [1.54, 1.807) is 0 Å². The quantitative estimate of drug-likeness (QED) is 0.841. The Labute approximate surface area is 109 Å². The molecule has 3 rings (SSSR count). The molecule has 0 amide bonds. The summed E-state index contributed by atoms with van der Waals surface area (Å²) in [5.74, 6) is 0.929. The zero-order chi connectivity index (χ0) is 12.4. The second-order valence-electron chi connectivity index (χ2n) is 5.74. The number of nitrogens with one attached hydrogen (secondary N) is 2. The molecule has 0 atom stereocenters. The highest BCUT2D eigenvalue weighted by Gasteiger charge is 2.17. The molecule has 1 heterocycles. The van der Waals surface area contributed by atoms with Crippen LogP contribution in [0.2, 0.25) is 0 Å². The van der Waals surface area contributed by atoms with Crippen LogP contribution in [0.1, 0.15) is 38.2 Å². The summed E-state index contributed by atoms with van der Waals surface area (Å²) in [6, 6.07) is 9.53. The molecular formula is C16H22N2. The van der Waals surface area contributed by atoms with Crippen molar-refractivity contribution in [3.63, 3.8) is 0 Å². The van der Waals surface area contributed by atoms with Crippen LogP contribution in [0.15, 0.2) is 30.5 Å². The molecule has 96 valence electrons. The van der Waals surface area contributed by atoms with E-state index < -0.39 is 0 Å². The monoisotopic (exact) mass is 242 g/mol. The van der Waals surface area contributed by atoms with Crippen molar-refractivity contribution < 1.29 is 0 Å². The average molecular weight is 242 g/mol. The Kier molecular flexibility index (Phi) is 3.37. The molecule has 1 aliphatic carbocycles. The third kappa shape index (κ3) is 2.59. The largest absolute Gasteiger partial charge is 0.361 e. The lowest BCUT2D eigenvalue weighted by Gasteiger charge is -2.27. The molecule has 0 saturated heterocycles. The van der Waals surface area contributed by atoms with Gasteiger partial charge in [-0.2, -0.15) is 0 Å². The third-order valence-electron chi connectivity index (χ3n) is 4.23. The molecule has 18 heavy (non-hydrogen) atoms. The standard InChI is InChI=1S/C16H22N2/c1-12-2-6-15(7-3-12)18-11-13-4-5-14-8-9-17-16(14)10-13/h4-5,8-10,12,15,17-18H,2-3,6-7,11H2,1H3. The first-order valence-electron chi connectivity index (χ1n) is 7.10. The molecule has 0 aliphatic heterocycles. The molecule has 1 fully saturated rings. The normalized spacial score (nSPS) is 24.5. The maximum atomic E-state index is 3.70. The van der Waals surface area contributed by atoms with E-state index in [0.717, 1.165) is 18.5 Å². The lowest BCUT2D eigenvalue weighted by Crippen LogP contribution is -2.32. The van der Waals surface area contributed by atoms with Gasteiger partial charge in [-0.15, -0.1) is 0 Å². The third-order valence-corrected chi connectivity index (χ3v) is 4.23. The molecule has 2 N–H and O–H groups in total. The van der Waals surface area contributed by atoms with E-state index in [1.807, 2.05) is 6.20 Å². The van der Waals surface area contributed by atoms with Gasteiger partial charge in [-0.25, -0.2) is 0 Å². The van der Waals surface area contributed by atoms with E-state index >= 15 is 0 Å². The maximum absolute atomic E-state index is 3.70. The Hall–Kier alpha value is -1.28. The molecule has 1 saturated carbocycles. The molecule has 2 aromatic rings. The zero-order valence-electron chi connectivity index (χ0n) is 11.1. The summed E-state index contributed by atoms with van der Waals surface area (Å²) in [7, 11) is 0. The van der Waals surface area contributed by atoms with Crippen molar-refractivity contribution in [2.75, 3.05) is 0 Å². The molecule has 1 aliphatic rings. The zero-order valence-corrected chi connectivity index (χ0v) is 11.1. The minimum Gasteiger partial charge on any atom is -0.361 e. The molecule has 0 unspecified atom stereocenters. The van der Waals surface area contributed by atoms with Crippen molar-refractivity contribution in [3.05, 3.63) is 36.0 Å². The van der Waals surface area contributed by atoms with Gasteiger partial charge in [-0.1, -0.05) is 19.1 Å². The van der Waals surface area contributed by atoms with Gasteiger partial charge >= 0.3 is 0 Å². The Morgan fingerprint density at radius 2 is 2.00 bits per heavy atom. The fourth-order valence-electron chi connectivity index (χ4n) is 2.93. The molecule has 0 radical (unpaired) electrons. The summed E-state index contributed by atoms with van der Waals surface area (Å²) in [6.45, 7) is 3.36. The van der Waals surface area contributed by atoms with E-state index in [-0.39, 0.29) is 0 Å². The highest BCUT2D eigenvalue weighted by atomic mass is 14.9. The highest BCUT2D eigenvalue weighted by molar-refractivity contribution is 5.79. The number of aromatic nitrogens is 1. The minimum absolute atomic E-state index is 0.723. The van der Waals surface area contributed by atoms with Crippen molar-refractivity contribution in [1.29, 1.82) is 0 Å². The van der Waals surface area contributed by atoms with Crippen LogP contribution >= 0.6 is 0 Å². The topological polar surface area (TPSA) is 27.8 Å². The van der Waals surface area contributed by atoms with Crippen LogP contribution in [0.5, 0.6) is 0 Å². The average Bonchev–Trinajstić information content (AvgIpc) is 2.85. The summed E-state index contributed by atoms with van der Waals surface area (Å²) in [6.07, 6.45) is 7.45. The molecule has 0 spiro atoms. The number of H-pyrrole nitrogens is 1. The summed E-state index contributed by atoms with van der Waals surface area (Å²) >= 11 is 0. The van der Waals surface area contributed by atoms with Crippen molar-refractivity contribution in [3.8, 4) is 0 Å². The molecule has 0 bridgehead atoms. The lowest BCUT2D eigenvalue weighted by atomic mass is 9.87. The number of aromatic amines is 1. The Morgan fingerprint density at radius 3 is 2.83 bits per heavy atom. The SMILES string of the molecule is CC1CCC(NCc2ccc3cc[nH]c3c2)CC1. The predicted octanol–water partition coefficient (Wildman–Crippen LogP) is 3.84. The van der Waals surface area contributed by atoms with Gasteiger partial charge in [0.15, 0.2) is 0 Å². The van der Waals surface area contributed by atoms with Crippen LogP contribution in [0, 0.1) is 5.92 Å². The fourth-order valence-corrected chi connectivity index (χ4v) is 2.93. The van der Waals surface area contributed by atoms with Gasteiger partial charge in [0.2, 0.25) is 0 Å². The van der Waals surface area contributed by atoms with Gasteiger partial charge in [-0.05, 0) is 54.7 Å². The van der Waals surface area contributed by atoms with Crippen LogP contribution in [-0.2, 0) is 6.54 Å². The van der Waals surface area contributed by atoms with E-state index in [1.165, 1.54) is 42.1 Å². The first kappa shape index (κ1) is 11.8. The second-order valence-corrected chi connectivity index (χ2v) is 5.74. The first-order chi connectivity index (χ1) is 8.81. The molecule has 2 heteroatoms. The van der Waals surface area contributed by atoms with Crippen LogP contribution < -0.4 is 5.32 Å². The molecule has 1 aromatic carbocycles. The minimum atomic E-state index is 0.723. The summed E-state index contributed by atoms with van der Waals surface area (Å²) in [5, 5.41) is 5.00. The van der Waals surface area contributed by atoms with Crippen LogP contribution in [0.4, 0.5) is 0 Å². The van der Waals surface area contributed by atoms with Crippen molar-refractivity contribution in [1.82, 2.24) is 10.3 Å². The van der Waals surface area contributed by atoms with Crippen LogP contribution in [0.25, 0.3) is 10.9 Å². The lowest BCUT2D eigenvalue weighted by molar-refractivity contribution is 0.306. The summed E-state index contributed by atoms with van der Waals surface area (Å²) in [5.41, 5.74) is 2.62. The van der Waals surface area contributed by atoms with Crippen molar-refractivity contribution in [2.45, 2.75) is 45.2 Å². The second kappa shape index (κ2) is 5.15. The van der Waals surface area contributed by atoms with E-state index in [4.69, 9.17) is 0 Å². The van der Waals surface area contributed by atoms with Crippen molar-refractivity contribution in [2.24, 2.45) is 5.92 Å². The van der Waals surface area contributed by atoms with Gasteiger partial charge in [0, 0.05) is 24.3 Å². The van der Waals surface area contributed by atoms with E-state index in [0.29, 0.717) is 0 Å². The van der Waals surface area contributed by atoms with Gasteiger partial charge < -0.3 is 10.3 Å². The number of hydrogen-bond acceptors (Lipinski definition) is 1. The first-order valence-corrected chi connectivity index (χ1v) is 7.10. The molecular weight excluding hydrogens is 220 g/mol. The number of hydrogen-bond donors (Lipinski definition) is 2. The number of fused-ring (bicyclic) bond motifs is 1. The maximum Gasteiger partial charge on any atom is 0.0457 e. The Balaban J connectivity index is 1.59.